The van der Waals surface area contributed by atoms with Gasteiger partial charge in [-0.15, -0.1) is 0 Å². The summed E-state index contributed by atoms with van der Waals surface area (Å²) in [4.78, 5) is 0. The molecule has 0 radical (unpaired) electrons. The molecule has 1 N–H and O–H groups in total. The highest BCUT2D eigenvalue weighted by Crippen LogP contribution is 2.47. The van der Waals surface area contributed by atoms with Crippen LogP contribution in [-0.2, 0) is 13.6 Å². The molecule has 0 aliphatic heterocycles. The second kappa shape index (κ2) is 9.34. The zero-order chi connectivity index (χ0) is 11.6. The van der Waals surface area contributed by atoms with E-state index in [1.807, 2.05) is 0 Å². The Hall–Kier alpha value is 0.110. The molecule has 0 fully saturated rings. The maximum Gasteiger partial charge on any atom is 0.332 e. The van der Waals surface area contributed by atoms with E-state index >= 15 is 0 Å². The van der Waals surface area contributed by atoms with Crippen molar-refractivity contribution in [1.29, 1.82) is 0 Å². The Kier molecular flexibility index (Phi) is 9.41. The van der Waals surface area contributed by atoms with Crippen LogP contribution in [0.3, 0.4) is 0 Å². The molecule has 0 heterocycles. The van der Waals surface area contributed by atoms with Crippen molar-refractivity contribution in [2.75, 3.05) is 26.0 Å². The topological polar surface area (TPSA) is 55.8 Å². The standard InChI is InChI=1S/C10H23O4P/c1-3-5-6-7-9-14-15(12,10-8-11)13-4-2/h11H,3-10H2,1-2H3. The highest BCUT2D eigenvalue weighted by Gasteiger charge is 2.22. The summed E-state index contributed by atoms with van der Waals surface area (Å²) in [6, 6.07) is 0. The summed E-state index contributed by atoms with van der Waals surface area (Å²) in [5, 5.41) is 8.74. The van der Waals surface area contributed by atoms with Crippen LogP contribution in [0.1, 0.15) is 39.5 Å². The highest BCUT2D eigenvalue weighted by molar-refractivity contribution is 7.53. The third-order valence-electron chi connectivity index (χ3n) is 1.99. The molecule has 92 valence electrons. The van der Waals surface area contributed by atoms with E-state index in [4.69, 9.17) is 14.2 Å². The molecule has 1 unspecified atom stereocenters. The van der Waals surface area contributed by atoms with E-state index in [9.17, 15) is 4.57 Å². The van der Waals surface area contributed by atoms with E-state index < -0.39 is 7.60 Å². The van der Waals surface area contributed by atoms with Crippen molar-refractivity contribution in [3.63, 3.8) is 0 Å². The molecule has 1 atom stereocenters. The normalized spacial score (nSPS) is 15.1. The molecule has 0 aromatic heterocycles. The molecule has 0 rings (SSSR count). The molecule has 0 aromatic carbocycles. The van der Waals surface area contributed by atoms with Gasteiger partial charge in [-0.2, -0.15) is 0 Å². The molecule has 4 nitrogen and oxygen atoms in total. The minimum Gasteiger partial charge on any atom is -0.396 e. The number of hydrogen-bond donors (Lipinski definition) is 1. The van der Waals surface area contributed by atoms with Crippen LogP contribution >= 0.6 is 7.60 Å². The number of rotatable bonds is 10. The first-order chi connectivity index (χ1) is 7.18. The fourth-order valence-corrected chi connectivity index (χ4v) is 2.60. The summed E-state index contributed by atoms with van der Waals surface area (Å²) < 4.78 is 22.1. The van der Waals surface area contributed by atoms with Crippen LogP contribution in [0.2, 0.25) is 0 Å². The van der Waals surface area contributed by atoms with Crippen LogP contribution < -0.4 is 0 Å². The minimum absolute atomic E-state index is 0.0919. The predicted octanol–water partition coefficient (Wildman–Crippen LogP) is 2.81. The lowest BCUT2D eigenvalue weighted by Gasteiger charge is -2.16. The molecule has 0 saturated heterocycles. The van der Waals surface area contributed by atoms with E-state index in [2.05, 4.69) is 6.92 Å². The fourth-order valence-electron chi connectivity index (χ4n) is 1.22. The first-order valence-electron chi connectivity index (χ1n) is 5.67. The van der Waals surface area contributed by atoms with Gasteiger partial charge in [0.2, 0.25) is 0 Å². The number of hydrogen-bond acceptors (Lipinski definition) is 4. The van der Waals surface area contributed by atoms with Crippen LogP contribution in [0, 0.1) is 0 Å². The second-order valence-electron chi connectivity index (χ2n) is 3.37. The van der Waals surface area contributed by atoms with Crippen molar-refractivity contribution < 1.29 is 18.7 Å². The van der Waals surface area contributed by atoms with Gasteiger partial charge in [-0.05, 0) is 13.3 Å². The summed E-state index contributed by atoms with van der Waals surface area (Å²) in [7, 11) is -3.02. The van der Waals surface area contributed by atoms with Gasteiger partial charge in [0.1, 0.15) is 0 Å². The van der Waals surface area contributed by atoms with E-state index in [1.165, 1.54) is 12.8 Å². The Morgan fingerprint density at radius 1 is 1.13 bits per heavy atom. The SMILES string of the molecule is CCCCCCOP(=O)(CCO)OCC. The molecule has 15 heavy (non-hydrogen) atoms. The molecule has 0 spiro atoms. The quantitative estimate of drug-likeness (QED) is 0.469. The van der Waals surface area contributed by atoms with Crippen molar-refractivity contribution in [3.05, 3.63) is 0 Å². The maximum atomic E-state index is 11.8. The van der Waals surface area contributed by atoms with Gasteiger partial charge in [-0.1, -0.05) is 26.2 Å². The molecule has 0 aliphatic carbocycles. The zero-order valence-electron chi connectivity index (χ0n) is 9.78. The van der Waals surface area contributed by atoms with Gasteiger partial charge in [-0.3, -0.25) is 4.57 Å². The lowest BCUT2D eigenvalue weighted by Crippen LogP contribution is -2.04. The number of aliphatic hydroxyl groups is 1. The Bertz CT molecular complexity index is 174. The van der Waals surface area contributed by atoms with Gasteiger partial charge in [0, 0.05) is 0 Å². The Balaban J connectivity index is 3.71. The van der Waals surface area contributed by atoms with E-state index in [-0.39, 0.29) is 12.8 Å². The van der Waals surface area contributed by atoms with Gasteiger partial charge in [-0.25, -0.2) is 0 Å². The van der Waals surface area contributed by atoms with E-state index in [1.54, 1.807) is 6.92 Å². The largest absolute Gasteiger partial charge is 0.396 e. The maximum absolute atomic E-state index is 11.8. The first kappa shape index (κ1) is 15.1. The van der Waals surface area contributed by atoms with Crippen LogP contribution in [0.15, 0.2) is 0 Å². The van der Waals surface area contributed by atoms with Crippen LogP contribution in [0.4, 0.5) is 0 Å². The van der Waals surface area contributed by atoms with Gasteiger partial charge in [0.05, 0.1) is 26.0 Å². The molecule has 0 saturated carbocycles. The molecular weight excluding hydrogens is 215 g/mol. The predicted molar refractivity (Wildman–Crippen MR) is 61.3 cm³/mol. The number of aliphatic hydroxyl groups excluding tert-OH is 1. The second-order valence-corrected chi connectivity index (χ2v) is 5.56. The van der Waals surface area contributed by atoms with Gasteiger partial charge < -0.3 is 14.2 Å². The third-order valence-corrected chi connectivity index (χ3v) is 3.96. The molecule has 0 aliphatic rings. The highest BCUT2D eigenvalue weighted by atomic mass is 31.2. The van der Waals surface area contributed by atoms with Crippen LogP contribution in [0.25, 0.3) is 0 Å². The average Bonchev–Trinajstić information content (AvgIpc) is 2.18. The van der Waals surface area contributed by atoms with Crippen LogP contribution in [0.5, 0.6) is 0 Å². The van der Waals surface area contributed by atoms with Gasteiger partial charge in [0.15, 0.2) is 0 Å². The molecule has 5 heteroatoms. The molecule has 0 aromatic rings. The summed E-state index contributed by atoms with van der Waals surface area (Å²) in [5.41, 5.74) is 0. The summed E-state index contributed by atoms with van der Waals surface area (Å²) in [5.74, 6) is 0. The summed E-state index contributed by atoms with van der Waals surface area (Å²) >= 11 is 0. The Labute approximate surface area is 92.5 Å². The number of unbranched alkanes of at least 4 members (excludes halogenated alkanes) is 3. The van der Waals surface area contributed by atoms with Crippen molar-refractivity contribution in [3.8, 4) is 0 Å². The molecule has 0 bridgehead atoms. The summed E-state index contributed by atoms with van der Waals surface area (Å²) in [6.45, 7) is 4.55. The van der Waals surface area contributed by atoms with Crippen molar-refractivity contribution in [2.45, 2.75) is 39.5 Å². The fraction of sp³-hybridized carbons (Fsp3) is 1.00. The van der Waals surface area contributed by atoms with Crippen molar-refractivity contribution in [1.82, 2.24) is 0 Å². The Morgan fingerprint density at radius 2 is 1.87 bits per heavy atom. The van der Waals surface area contributed by atoms with Gasteiger partial charge in [0.25, 0.3) is 0 Å². The minimum atomic E-state index is -3.02. The zero-order valence-corrected chi connectivity index (χ0v) is 10.7. The molecular formula is C10H23O4P. The lowest BCUT2D eigenvalue weighted by molar-refractivity contribution is 0.200. The first-order valence-corrected chi connectivity index (χ1v) is 7.40. The van der Waals surface area contributed by atoms with Crippen LogP contribution in [-0.4, -0.2) is 31.1 Å². The lowest BCUT2D eigenvalue weighted by atomic mass is 10.2. The monoisotopic (exact) mass is 238 g/mol. The average molecular weight is 238 g/mol. The Morgan fingerprint density at radius 3 is 2.40 bits per heavy atom. The van der Waals surface area contributed by atoms with Crippen molar-refractivity contribution >= 4 is 7.60 Å². The third kappa shape index (κ3) is 7.97. The summed E-state index contributed by atoms with van der Waals surface area (Å²) in [6.07, 6.45) is 4.41. The van der Waals surface area contributed by atoms with Crippen molar-refractivity contribution in [2.24, 2.45) is 0 Å². The van der Waals surface area contributed by atoms with E-state index in [0.29, 0.717) is 13.2 Å². The smallest absolute Gasteiger partial charge is 0.332 e. The van der Waals surface area contributed by atoms with Gasteiger partial charge >= 0.3 is 7.60 Å². The van der Waals surface area contributed by atoms with E-state index in [0.717, 1.165) is 12.8 Å². The molecule has 0 amide bonds.